The van der Waals surface area contributed by atoms with Gasteiger partial charge in [-0.2, -0.15) is 0 Å². The summed E-state index contributed by atoms with van der Waals surface area (Å²) in [7, 11) is 1.35. The second-order valence-corrected chi connectivity index (χ2v) is 4.78. The molecule has 0 saturated carbocycles. The lowest BCUT2D eigenvalue weighted by molar-refractivity contribution is -0.148. The molecular formula is C15H22FNO3. The Balaban J connectivity index is 2.58. The molecule has 0 saturated heterocycles. The summed E-state index contributed by atoms with van der Waals surface area (Å²) in [6, 6.07) is 6.20. The van der Waals surface area contributed by atoms with Gasteiger partial charge in [0, 0.05) is 6.42 Å². The monoisotopic (exact) mass is 283 g/mol. The molecule has 5 heteroatoms. The molecule has 0 amide bonds. The highest BCUT2D eigenvalue weighted by atomic mass is 19.1. The average molecular weight is 283 g/mol. The van der Waals surface area contributed by atoms with Gasteiger partial charge in [-0.25, -0.2) is 4.39 Å². The van der Waals surface area contributed by atoms with Gasteiger partial charge in [0.15, 0.2) is 11.6 Å². The van der Waals surface area contributed by atoms with Crippen LogP contribution in [0.5, 0.6) is 5.75 Å². The predicted molar refractivity (Wildman–Crippen MR) is 75.2 cm³/mol. The van der Waals surface area contributed by atoms with Crippen LogP contribution >= 0.6 is 0 Å². The molecule has 1 unspecified atom stereocenters. The van der Waals surface area contributed by atoms with Crippen LogP contribution in [0.25, 0.3) is 0 Å². The smallest absolute Gasteiger partial charge is 0.325 e. The molecule has 0 fully saturated rings. The molecule has 0 bridgehead atoms. The van der Waals surface area contributed by atoms with Crippen LogP contribution in [0.4, 0.5) is 4.39 Å². The van der Waals surface area contributed by atoms with E-state index in [1.165, 1.54) is 13.2 Å². The number of ether oxygens (including phenoxy) is 2. The van der Waals surface area contributed by atoms with Gasteiger partial charge in [-0.1, -0.05) is 19.1 Å². The molecule has 112 valence electrons. The van der Waals surface area contributed by atoms with E-state index in [4.69, 9.17) is 9.47 Å². The lowest BCUT2D eigenvalue weighted by atomic mass is 9.98. The molecule has 0 aliphatic carbocycles. The standard InChI is InChI=1S/C15H22FNO3/c1-4-10-17-15(2,14(18)19-3)9-11-20-13-8-6-5-7-12(13)16/h5-8,17H,4,9-11H2,1-3H3. The van der Waals surface area contributed by atoms with Gasteiger partial charge in [0.25, 0.3) is 0 Å². The molecule has 0 aliphatic heterocycles. The Hall–Kier alpha value is -1.62. The minimum absolute atomic E-state index is 0.190. The third-order valence-corrected chi connectivity index (χ3v) is 3.10. The molecular weight excluding hydrogens is 261 g/mol. The van der Waals surface area contributed by atoms with Gasteiger partial charge in [-0.05, 0) is 32.0 Å². The minimum atomic E-state index is -0.823. The van der Waals surface area contributed by atoms with Crippen molar-refractivity contribution in [2.24, 2.45) is 0 Å². The largest absolute Gasteiger partial charge is 0.490 e. The van der Waals surface area contributed by atoms with E-state index in [1.54, 1.807) is 25.1 Å². The third kappa shape index (κ3) is 4.49. The summed E-state index contributed by atoms with van der Waals surface area (Å²) in [6.07, 6.45) is 1.30. The first-order chi connectivity index (χ1) is 9.53. The molecule has 1 atom stereocenters. The number of hydrogen-bond donors (Lipinski definition) is 1. The van der Waals surface area contributed by atoms with Gasteiger partial charge in [-0.15, -0.1) is 0 Å². The van der Waals surface area contributed by atoms with Crippen LogP contribution in [0.1, 0.15) is 26.7 Å². The molecule has 1 aromatic carbocycles. The van der Waals surface area contributed by atoms with Crippen molar-refractivity contribution in [2.45, 2.75) is 32.2 Å². The number of halogens is 1. The molecule has 0 aliphatic rings. The van der Waals surface area contributed by atoms with Crippen LogP contribution in [0, 0.1) is 5.82 Å². The van der Waals surface area contributed by atoms with Crippen LogP contribution in [-0.2, 0) is 9.53 Å². The van der Waals surface area contributed by atoms with Crippen molar-refractivity contribution in [2.75, 3.05) is 20.3 Å². The van der Waals surface area contributed by atoms with E-state index in [0.717, 1.165) is 6.42 Å². The zero-order chi connectivity index (χ0) is 15.0. The van der Waals surface area contributed by atoms with Gasteiger partial charge < -0.3 is 14.8 Å². The fraction of sp³-hybridized carbons (Fsp3) is 0.533. The van der Waals surface area contributed by atoms with Crippen LogP contribution in [0.15, 0.2) is 24.3 Å². The molecule has 0 spiro atoms. The summed E-state index contributed by atoms with van der Waals surface area (Å²) in [5.74, 6) is -0.563. The van der Waals surface area contributed by atoms with Crippen molar-refractivity contribution >= 4 is 5.97 Å². The first-order valence-corrected chi connectivity index (χ1v) is 6.74. The Morgan fingerprint density at radius 3 is 2.70 bits per heavy atom. The second kappa shape index (κ2) is 7.85. The maximum absolute atomic E-state index is 13.4. The van der Waals surface area contributed by atoms with Crippen LogP contribution < -0.4 is 10.1 Å². The van der Waals surface area contributed by atoms with Gasteiger partial charge >= 0.3 is 5.97 Å². The average Bonchev–Trinajstić information content (AvgIpc) is 2.46. The fourth-order valence-corrected chi connectivity index (χ4v) is 1.82. The van der Waals surface area contributed by atoms with Crippen molar-refractivity contribution in [1.29, 1.82) is 0 Å². The third-order valence-electron chi connectivity index (χ3n) is 3.10. The molecule has 4 nitrogen and oxygen atoms in total. The Bertz CT molecular complexity index is 439. The summed E-state index contributed by atoms with van der Waals surface area (Å²) in [5.41, 5.74) is -0.823. The summed E-state index contributed by atoms with van der Waals surface area (Å²) in [6.45, 7) is 4.70. The number of benzene rings is 1. The first-order valence-electron chi connectivity index (χ1n) is 6.74. The maximum Gasteiger partial charge on any atom is 0.325 e. The maximum atomic E-state index is 13.4. The highest BCUT2D eigenvalue weighted by Crippen LogP contribution is 2.18. The highest BCUT2D eigenvalue weighted by Gasteiger charge is 2.33. The molecule has 0 radical (unpaired) electrons. The summed E-state index contributed by atoms with van der Waals surface area (Å²) in [5, 5.41) is 3.15. The zero-order valence-corrected chi connectivity index (χ0v) is 12.2. The van der Waals surface area contributed by atoms with Crippen molar-refractivity contribution in [1.82, 2.24) is 5.32 Å². The fourth-order valence-electron chi connectivity index (χ4n) is 1.82. The van der Waals surface area contributed by atoms with Crippen LogP contribution in [-0.4, -0.2) is 31.8 Å². The second-order valence-electron chi connectivity index (χ2n) is 4.78. The first kappa shape index (κ1) is 16.4. The quantitative estimate of drug-likeness (QED) is 0.745. The molecule has 20 heavy (non-hydrogen) atoms. The van der Waals surface area contributed by atoms with Gasteiger partial charge in [0.2, 0.25) is 0 Å². The van der Waals surface area contributed by atoms with Crippen molar-refractivity contribution in [3.05, 3.63) is 30.1 Å². The Labute approximate surface area is 119 Å². The zero-order valence-electron chi connectivity index (χ0n) is 12.2. The van der Waals surface area contributed by atoms with Gasteiger partial charge in [0.05, 0.1) is 13.7 Å². The topological polar surface area (TPSA) is 47.6 Å². The Morgan fingerprint density at radius 1 is 1.40 bits per heavy atom. The van der Waals surface area contributed by atoms with E-state index in [9.17, 15) is 9.18 Å². The van der Waals surface area contributed by atoms with Gasteiger partial charge in [0.1, 0.15) is 5.54 Å². The molecule has 1 aromatic rings. The summed E-state index contributed by atoms with van der Waals surface area (Å²) >= 11 is 0. The predicted octanol–water partition coefficient (Wildman–Crippen LogP) is 2.53. The minimum Gasteiger partial charge on any atom is -0.490 e. The number of para-hydroxylation sites is 1. The van der Waals surface area contributed by atoms with E-state index in [2.05, 4.69) is 5.32 Å². The molecule has 1 rings (SSSR count). The highest BCUT2D eigenvalue weighted by molar-refractivity contribution is 5.80. The lowest BCUT2D eigenvalue weighted by Crippen LogP contribution is -2.51. The van der Waals surface area contributed by atoms with Crippen molar-refractivity contribution in [3.8, 4) is 5.75 Å². The van der Waals surface area contributed by atoms with E-state index >= 15 is 0 Å². The lowest BCUT2D eigenvalue weighted by Gasteiger charge is -2.27. The Morgan fingerprint density at radius 2 is 2.10 bits per heavy atom. The number of nitrogens with one attached hydrogen (secondary N) is 1. The number of carbonyl (C=O) groups excluding carboxylic acids is 1. The molecule has 1 N–H and O–H groups in total. The van der Waals surface area contributed by atoms with E-state index in [1.807, 2.05) is 6.92 Å². The number of esters is 1. The van der Waals surface area contributed by atoms with Gasteiger partial charge in [-0.3, -0.25) is 4.79 Å². The van der Waals surface area contributed by atoms with Crippen molar-refractivity contribution < 1.29 is 18.7 Å². The number of methoxy groups -OCH3 is 1. The molecule has 0 heterocycles. The summed E-state index contributed by atoms with van der Waals surface area (Å²) in [4.78, 5) is 11.8. The van der Waals surface area contributed by atoms with Crippen LogP contribution in [0.2, 0.25) is 0 Å². The van der Waals surface area contributed by atoms with Crippen molar-refractivity contribution in [3.63, 3.8) is 0 Å². The number of carbonyl (C=O) groups is 1. The summed E-state index contributed by atoms with van der Waals surface area (Å²) < 4.78 is 23.6. The van der Waals surface area contributed by atoms with E-state index in [-0.39, 0.29) is 18.3 Å². The SMILES string of the molecule is CCCNC(C)(CCOc1ccccc1F)C(=O)OC. The number of rotatable bonds is 8. The van der Waals surface area contributed by atoms with Crippen LogP contribution in [0.3, 0.4) is 0 Å². The Kier molecular flexibility index (Phi) is 6.45. The van der Waals surface area contributed by atoms with E-state index < -0.39 is 11.4 Å². The van der Waals surface area contributed by atoms with E-state index in [0.29, 0.717) is 13.0 Å². The molecule has 0 aromatic heterocycles. The normalized spacial score (nSPS) is 13.6. The number of hydrogen-bond acceptors (Lipinski definition) is 4.